The topological polar surface area (TPSA) is 57.0 Å². The summed E-state index contributed by atoms with van der Waals surface area (Å²) in [6.07, 6.45) is 3.38. The fraction of sp³-hybridized carbons (Fsp3) is 0.235. The molecule has 5 nitrogen and oxygen atoms in total. The maximum atomic E-state index is 12.1. The number of hydrogen-bond acceptors (Lipinski definition) is 4. The van der Waals surface area contributed by atoms with Gasteiger partial charge in [-0.05, 0) is 42.3 Å². The predicted molar refractivity (Wildman–Crippen MR) is 81.7 cm³/mol. The highest BCUT2D eigenvalue weighted by atomic mass is 16.5. The van der Waals surface area contributed by atoms with E-state index in [1.54, 1.807) is 12.7 Å². The van der Waals surface area contributed by atoms with Crippen molar-refractivity contribution in [2.45, 2.75) is 25.8 Å². The average Bonchev–Trinajstić information content (AvgIpc) is 3.06. The van der Waals surface area contributed by atoms with Gasteiger partial charge in [-0.15, -0.1) is 10.2 Å². The first-order chi connectivity index (χ1) is 10.6. The lowest BCUT2D eigenvalue weighted by Gasteiger charge is -2.16. The highest BCUT2D eigenvalue weighted by molar-refractivity contribution is 6.00. The third-order valence-corrected chi connectivity index (χ3v) is 4.22. The molecule has 1 aromatic heterocycles. The lowest BCUT2D eigenvalue weighted by molar-refractivity contribution is -0.137. The zero-order chi connectivity index (χ0) is 15.3. The van der Waals surface area contributed by atoms with Crippen LogP contribution in [-0.4, -0.2) is 20.7 Å². The van der Waals surface area contributed by atoms with Crippen LogP contribution in [0, 0.1) is 0 Å². The summed E-state index contributed by atoms with van der Waals surface area (Å²) >= 11 is 0. The summed E-state index contributed by atoms with van der Waals surface area (Å²) in [4.78, 5) is 12.1. The molecule has 4 rings (SSSR count). The van der Waals surface area contributed by atoms with Crippen LogP contribution < -0.4 is 4.74 Å². The second-order valence-electron chi connectivity index (χ2n) is 6.14. The van der Waals surface area contributed by atoms with Crippen LogP contribution in [0.3, 0.4) is 0 Å². The van der Waals surface area contributed by atoms with Gasteiger partial charge in [0.15, 0.2) is 0 Å². The molecule has 3 aromatic rings. The van der Waals surface area contributed by atoms with Crippen LogP contribution in [0.1, 0.15) is 25.0 Å². The first kappa shape index (κ1) is 13.0. The summed E-state index contributed by atoms with van der Waals surface area (Å²) in [7, 11) is 0. The summed E-state index contributed by atoms with van der Waals surface area (Å²) in [5.41, 5.74) is 1.49. The van der Waals surface area contributed by atoms with Crippen molar-refractivity contribution >= 4 is 16.7 Å². The second kappa shape index (κ2) is 4.40. The Morgan fingerprint density at radius 1 is 1.14 bits per heavy atom. The normalized spacial score (nSPS) is 15.8. The molecule has 0 saturated carbocycles. The Bertz CT molecular complexity index is 882. The molecule has 0 saturated heterocycles. The van der Waals surface area contributed by atoms with Crippen molar-refractivity contribution in [2.75, 3.05) is 0 Å². The third-order valence-electron chi connectivity index (χ3n) is 4.22. The van der Waals surface area contributed by atoms with E-state index < -0.39 is 5.41 Å². The van der Waals surface area contributed by atoms with Crippen LogP contribution in [0.25, 0.3) is 10.8 Å². The molecule has 0 unspecified atom stereocenters. The molecule has 0 spiro atoms. The number of carbonyl (C=O) groups is 1. The molecule has 0 amide bonds. The van der Waals surface area contributed by atoms with E-state index in [0.29, 0.717) is 12.3 Å². The van der Waals surface area contributed by atoms with Gasteiger partial charge in [0.25, 0.3) is 0 Å². The van der Waals surface area contributed by atoms with Crippen LogP contribution in [-0.2, 0) is 16.8 Å². The first-order valence-electron chi connectivity index (χ1n) is 7.16. The number of rotatable bonds is 2. The van der Waals surface area contributed by atoms with Crippen LogP contribution >= 0.6 is 0 Å². The minimum absolute atomic E-state index is 0.195. The van der Waals surface area contributed by atoms with Crippen molar-refractivity contribution in [3.05, 3.63) is 54.1 Å². The quantitative estimate of drug-likeness (QED) is 0.538. The molecule has 2 aromatic carbocycles. The molecule has 0 aliphatic carbocycles. The molecule has 2 heterocycles. The predicted octanol–water partition coefficient (Wildman–Crippen LogP) is 2.68. The maximum Gasteiger partial charge on any atom is 0.321 e. The van der Waals surface area contributed by atoms with Crippen molar-refractivity contribution in [1.29, 1.82) is 0 Å². The molecular formula is C17H15N3O2. The Morgan fingerprint density at radius 2 is 1.86 bits per heavy atom. The van der Waals surface area contributed by atoms with Crippen LogP contribution in [0.5, 0.6) is 5.75 Å². The second-order valence-corrected chi connectivity index (χ2v) is 6.14. The molecule has 5 heteroatoms. The molecule has 110 valence electrons. The highest BCUT2D eigenvalue weighted by Gasteiger charge is 2.42. The number of aromatic nitrogens is 3. The Hall–Kier alpha value is -2.69. The van der Waals surface area contributed by atoms with Crippen molar-refractivity contribution in [3.8, 4) is 5.75 Å². The molecular weight excluding hydrogens is 278 g/mol. The largest absolute Gasteiger partial charge is 0.426 e. The minimum Gasteiger partial charge on any atom is -0.426 e. The summed E-state index contributed by atoms with van der Waals surface area (Å²) < 4.78 is 7.33. The van der Waals surface area contributed by atoms with Gasteiger partial charge in [-0.3, -0.25) is 4.79 Å². The van der Waals surface area contributed by atoms with Crippen LogP contribution in [0.2, 0.25) is 0 Å². The zero-order valence-electron chi connectivity index (χ0n) is 12.4. The number of benzene rings is 2. The van der Waals surface area contributed by atoms with E-state index in [-0.39, 0.29) is 5.97 Å². The Kier molecular flexibility index (Phi) is 2.60. The van der Waals surface area contributed by atoms with E-state index in [2.05, 4.69) is 28.4 Å². The molecule has 0 radical (unpaired) electrons. The van der Waals surface area contributed by atoms with Gasteiger partial charge in [-0.2, -0.15) is 0 Å². The summed E-state index contributed by atoms with van der Waals surface area (Å²) in [5.74, 6) is 0.475. The number of ether oxygens (including phenoxy) is 1. The Morgan fingerprint density at radius 3 is 2.64 bits per heavy atom. The fourth-order valence-corrected chi connectivity index (χ4v) is 3.02. The van der Waals surface area contributed by atoms with Gasteiger partial charge in [0.1, 0.15) is 18.4 Å². The number of carbonyl (C=O) groups excluding carboxylic acids is 1. The SMILES string of the molecule is CC1(C)C(=O)Oc2ccc3ccc(Cn4cnnc4)cc3c21. The lowest BCUT2D eigenvalue weighted by atomic mass is 9.83. The van der Waals surface area contributed by atoms with E-state index in [1.165, 1.54) is 0 Å². The molecule has 22 heavy (non-hydrogen) atoms. The van der Waals surface area contributed by atoms with Crippen molar-refractivity contribution < 1.29 is 9.53 Å². The van der Waals surface area contributed by atoms with E-state index in [1.807, 2.05) is 30.5 Å². The van der Waals surface area contributed by atoms with Crippen molar-refractivity contribution in [2.24, 2.45) is 0 Å². The Balaban J connectivity index is 1.89. The third kappa shape index (κ3) is 1.82. The van der Waals surface area contributed by atoms with E-state index in [9.17, 15) is 4.79 Å². The van der Waals surface area contributed by atoms with Gasteiger partial charge in [-0.25, -0.2) is 0 Å². The number of fused-ring (bicyclic) bond motifs is 3. The molecule has 0 atom stereocenters. The first-order valence-corrected chi connectivity index (χ1v) is 7.16. The van der Waals surface area contributed by atoms with Gasteiger partial charge in [0.05, 0.1) is 12.0 Å². The van der Waals surface area contributed by atoms with Crippen LogP contribution in [0.15, 0.2) is 43.0 Å². The molecule has 0 N–H and O–H groups in total. The van der Waals surface area contributed by atoms with Gasteiger partial charge in [-0.1, -0.05) is 18.2 Å². The minimum atomic E-state index is -0.621. The number of nitrogens with zero attached hydrogens (tertiary/aromatic N) is 3. The molecule has 0 fully saturated rings. The maximum absolute atomic E-state index is 12.1. The standard InChI is InChI=1S/C17H15N3O2/c1-17(2)15-13-7-11(8-20-9-18-19-10-20)3-4-12(13)5-6-14(15)22-16(17)21/h3-7,9-10H,8H2,1-2H3. The zero-order valence-corrected chi connectivity index (χ0v) is 12.4. The van der Waals surface area contributed by atoms with Crippen LogP contribution in [0.4, 0.5) is 0 Å². The van der Waals surface area contributed by atoms with E-state index in [4.69, 9.17) is 4.74 Å². The number of hydrogen-bond donors (Lipinski definition) is 0. The van der Waals surface area contributed by atoms with Crippen molar-refractivity contribution in [3.63, 3.8) is 0 Å². The Labute approximate surface area is 127 Å². The summed E-state index contributed by atoms with van der Waals surface area (Å²) in [5, 5.41) is 9.82. The van der Waals surface area contributed by atoms with E-state index in [0.717, 1.165) is 21.9 Å². The molecule has 1 aliphatic heterocycles. The van der Waals surface area contributed by atoms with Gasteiger partial charge in [0.2, 0.25) is 0 Å². The lowest BCUT2D eigenvalue weighted by Crippen LogP contribution is -2.26. The summed E-state index contributed by atoms with van der Waals surface area (Å²) in [6, 6.07) is 10.2. The summed E-state index contributed by atoms with van der Waals surface area (Å²) in [6.45, 7) is 4.52. The number of esters is 1. The average molecular weight is 293 g/mol. The van der Waals surface area contributed by atoms with Gasteiger partial charge < -0.3 is 9.30 Å². The smallest absolute Gasteiger partial charge is 0.321 e. The molecule has 1 aliphatic rings. The van der Waals surface area contributed by atoms with Gasteiger partial charge >= 0.3 is 5.97 Å². The monoisotopic (exact) mass is 293 g/mol. The fourth-order valence-electron chi connectivity index (χ4n) is 3.02. The molecule has 0 bridgehead atoms. The highest BCUT2D eigenvalue weighted by Crippen LogP contribution is 2.43. The van der Waals surface area contributed by atoms with Crippen molar-refractivity contribution in [1.82, 2.24) is 14.8 Å². The van der Waals surface area contributed by atoms with Gasteiger partial charge in [0, 0.05) is 5.56 Å². The van der Waals surface area contributed by atoms with E-state index >= 15 is 0 Å².